The summed E-state index contributed by atoms with van der Waals surface area (Å²) in [5, 5.41) is 12.3. The Kier molecular flexibility index (Phi) is 4.99. The topological polar surface area (TPSA) is 58.6 Å². The second-order valence-corrected chi connectivity index (χ2v) is 5.23. The Balaban J connectivity index is 2.53. The van der Waals surface area contributed by atoms with Crippen LogP contribution in [-0.4, -0.2) is 29.8 Å². The summed E-state index contributed by atoms with van der Waals surface area (Å²) in [7, 11) is 0. The van der Waals surface area contributed by atoms with Gasteiger partial charge in [-0.3, -0.25) is 4.79 Å². The van der Waals surface area contributed by atoms with Crippen LogP contribution in [0.15, 0.2) is 18.2 Å². The van der Waals surface area contributed by atoms with Crippen molar-refractivity contribution in [1.82, 2.24) is 5.32 Å². The molecule has 0 heterocycles. The van der Waals surface area contributed by atoms with E-state index in [2.05, 4.69) is 5.32 Å². The molecule has 18 heavy (non-hydrogen) atoms. The van der Waals surface area contributed by atoms with Crippen molar-refractivity contribution in [1.29, 1.82) is 0 Å². The molecule has 2 N–H and O–H groups in total. The van der Waals surface area contributed by atoms with E-state index in [1.807, 2.05) is 6.92 Å². The van der Waals surface area contributed by atoms with E-state index in [4.69, 9.17) is 21.4 Å². The summed E-state index contributed by atoms with van der Waals surface area (Å²) >= 11 is 5.82. The molecular weight excluding hydrogens is 254 g/mol. The Hall–Kier alpha value is -1.26. The number of halogens is 1. The molecule has 4 nitrogen and oxygen atoms in total. The quantitative estimate of drug-likeness (QED) is 0.860. The third-order valence-electron chi connectivity index (χ3n) is 2.37. The molecule has 0 unspecified atom stereocenters. The van der Waals surface area contributed by atoms with Crippen molar-refractivity contribution in [2.24, 2.45) is 0 Å². The fourth-order valence-corrected chi connectivity index (χ4v) is 1.60. The van der Waals surface area contributed by atoms with Gasteiger partial charge < -0.3 is 15.2 Å². The number of hydrogen-bond acceptors (Lipinski definition) is 3. The Morgan fingerprint density at radius 1 is 1.50 bits per heavy atom. The normalized spacial score (nSPS) is 11.2. The summed E-state index contributed by atoms with van der Waals surface area (Å²) in [5.74, 6) is 0.347. The van der Waals surface area contributed by atoms with E-state index < -0.39 is 5.54 Å². The number of aryl methyl sites for hydroxylation is 1. The second-order valence-electron chi connectivity index (χ2n) is 4.79. The number of aliphatic hydroxyl groups excluding tert-OH is 1. The number of ether oxygens (including phenoxy) is 1. The van der Waals surface area contributed by atoms with Gasteiger partial charge in [-0.2, -0.15) is 0 Å². The van der Waals surface area contributed by atoms with Crippen LogP contribution in [0.1, 0.15) is 19.4 Å². The van der Waals surface area contributed by atoms with Crippen LogP contribution in [0.5, 0.6) is 5.75 Å². The van der Waals surface area contributed by atoms with Gasteiger partial charge in [-0.05, 0) is 44.5 Å². The van der Waals surface area contributed by atoms with Gasteiger partial charge in [0.15, 0.2) is 6.61 Å². The van der Waals surface area contributed by atoms with Crippen LogP contribution in [0, 0.1) is 6.92 Å². The summed E-state index contributed by atoms with van der Waals surface area (Å²) in [6.45, 7) is 5.11. The predicted molar refractivity (Wildman–Crippen MR) is 71.0 cm³/mol. The van der Waals surface area contributed by atoms with Crippen molar-refractivity contribution < 1.29 is 14.6 Å². The first-order valence-corrected chi connectivity index (χ1v) is 6.03. The number of amides is 1. The maximum absolute atomic E-state index is 11.6. The molecule has 0 spiro atoms. The Bertz CT molecular complexity index is 432. The Morgan fingerprint density at radius 2 is 2.17 bits per heavy atom. The van der Waals surface area contributed by atoms with Gasteiger partial charge in [0.05, 0.1) is 12.1 Å². The van der Waals surface area contributed by atoms with Crippen molar-refractivity contribution in [3.8, 4) is 5.75 Å². The zero-order valence-electron chi connectivity index (χ0n) is 10.8. The molecule has 0 aromatic heterocycles. The summed E-state index contributed by atoms with van der Waals surface area (Å²) in [5.41, 5.74) is 0.229. The molecule has 0 saturated heterocycles. The van der Waals surface area contributed by atoms with E-state index in [-0.39, 0.29) is 19.1 Å². The van der Waals surface area contributed by atoms with E-state index in [0.29, 0.717) is 10.8 Å². The van der Waals surface area contributed by atoms with Gasteiger partial charge in [-0.1, -0.05) is 11.6 Å². The number of carbonyl (C=O) groups excluding carboxylic acids is 1. The van der Waals surface area contributed by atoms with Crippen LogP contribution in [0.25, 0.3) is 0 Å². The van der Waals surface area contributed by atoms with Gasteiger partial charge in [0.25, 0.3) is 5.91 Å². The molecule has 0 fully saturated rings. The van der Waals surface area contributed by atoms with Gasteiger partial charge in [0, 0.05) is 5.02 Å². The van der Waals surface area contributed by atoms with Crippen LogP contribution in [0.2, 0.25) is 5.02 Å². The van der Waals surface area contributed by atoms with Crippen molar-refractivity contribution in [3.05, 3.63) is 28.8 Å². The summed E-state index contributed by atoms with van der Waals surface area (Å²) in [6, 6.07) is 5.20. The van der Waals surface area contributed by atoms with Crippen molar-refractivity contribution in [2.75, 3.05) is 13.2 Å². The number of nitrogens with one attached hydrogen (secondary N) is 1. The van der Waals surface area contributed by atoms with E-state index in [1.165, 1.54) is 0 Å². The Morgan fingerprint density at radius 3 is 2.72 bits per heavy atom. The van der Waals surface area contributed by atoms with Gasteiger partial charge in [-0.25, -0.2) is 0 Å². The number of rotatable bonds is 5. The molecule has 1 amide bonds. The number of hydrogen-bond donors (Lipinski definition) is 2. The molecule has 0 saturated carbocycles. The van der Waals surface area contributed by atoms with E-state index in [1.54, 1.807) is 32.0 Å². The maximum Gasteiger partial charge on any atom is 0.258 e. The molecule has 5 heteroatoms. The molecule has 0 aliphatic rings. The molecular formula is C13H18ClNO3. The fraction of sp³-hybridized carbons (Fsp3) is 0.462. The minimum atomic E-state index is -0.643. The van der Waals surface area contributed by atoms with Gasteiger partial charge in [0.1, 0.15) is 5.75 Å². The molecule has 0 aliphatic heterocycles. The monoisotopic (exact) mass is 271 g/mol. The van der Waals surface area contributed by atoms with Crippen molar-refractivity contribution in [3.63, 3.8) is 0 Å². The van der Waals surface area contributed by atoms with E-state index in [0.717, 1.165) is 5.56 Å². The lowest BCUT2D eigenvalue weighted by Gasteiger charge is -2.23. The molecule has 0 aliphatic carbocycles. The first kappa shape index (κ1) is 14.8. The van der Waals surface area contributed by atoms with Crippen LogP contribution in [0.4, 0.5) is 0 Å². The number of benzene rings is 1. The lowest BCUT2D eigenvalue weighted by molar-refractivity contribution is -0.125. The van der Waals surface area contributed by atoms with Crippen molar-refractivity contribution >= 4 is 17.5 Å². The summed E-state index contributed by atoms with van der Waals surface area (Å²) in [6.07, 6.45) is 0. The lowest BCUT2D eigenvalue weighted by atomic mass is 10.1. The highest BCUT2D eigenvalue weighted by Gasteiger charge is 2.19. The average molecular weight is 272 g/mol. The van der Waals surface area contributed by atoms with Gasteiger partial charge in [0.2, 0.25) is 0 Å². The highest BCUT2D eigenvalue weighted by atomic mass is 35.5. The highest BCUT2D eigenvalue weighted by molar-refractivity contribution is 6.30. The third kappa shape index (κ3) is 4.55. The molecule has 1 rings (SSSR count). The SMILES string of the molecule is Cc1cc(Cl)ccc1OCC(=O)NC(C)(C)CO. The van der Waals surface area contributed by atoms with E-state index >= 15 is 0 Å². The van der Waals surface area contributed by atoms with Crippen molar-refractivity contribution in [2.45, 2.75) is 26.3 Å². The van der Waals surface area contributed by atoms with Crippen LogP contribution in [0.3, 0.4) is 0 Å². The molecule has 0 bridgehead atoms. The molecule has 0 radical (unpaired) electrons. The summed E-state index contributed by atoms with van der Waals surface area (Å²) < 4.78 is 5.39. The maximum atomic E-state index is 11.6. The minimum absolute atomic E-state index is 0.0914. The number of aliphatic hydroxyl groups is 1. The molecule has 1 aromatic rings. The van der Waals surface area contributed by atoms with Crippen LogP contribution in [-0.2, 0) is 4.79 Å². The molecule has 100 valence electrons. The predicted octanol–water partition coefficient (Wildman–Crippen LogP) is 1.91. The van der Waals surface area contributed by atoms with Crippen LogP contribution >= 0.6 is 11.6 Å². The lowest BCUT2D eigenvalue weighted by Crippen LogP contribution is -2.48. The molecule has 0 atom stereocenters. The average Bonchev–Trinajstić information content (AvgIpc) is 2.27. The van der Waals surface area contributed by atoms with E-state index in [9.17, 15) is 4.79 Å². The largest absolute Gasteiger partial charge is 0.484 e. The second kappa shape index (κ2) is 6.07. The summed E-state index contributed by atoms with van der Waals surface area (Å²) in [4.78, 5) is 11.6. The number of carbonyl (C=O) groups is 1. The van der Waals surface area contributed by atoms with Gasteiger partial charge >= 0.3 is 0 Å². The van der Waals surface area contributed by atoms with Crippen LogP contribution < -0.4 is 10.1 Å². The first-order valence-electron chi connectivity index (χ1n) is 5.65. The zero-order valence-corrected chi connectivity index (χ0v) is 11.5. The zero-order chi connectivity index (χ0) is 13.8. The Labute approximate surface area is 112 Å². The molecule has 1 aromatic carbocycles. The first-order chi connectivity index (χ1) is 8.34. The fourth-order valence-electron chi connectivity index (χ4n) is 1.37. The smallest absolute Gasteiger partial charge is 0.258 e. The standard InChI is InChI=1S/C13H18ClNO3/c1-9-6-10(14)4-5-11(9)18-7-12(17)15-13(2,3)8-16/h4-6,16H,7-8H2,1-3H3,(H,15,17). The van der Waals surface area contributed by atoms with Gasteiger partial charge in [-0.15, -0.1) is 0 Å². The third-order valence-corrected chi connectivity index (χ3v) is 2.60. The highest BCUT2D eigenvalue weighted by Crippen LogP contribution is 2.21. The minimum Gasteiger partial charge on any atom is -0.484 e.